The number of carboxylic acids is 1. The lowest BCUT2D eigenvalue weighted by Gasteiger charge is -2.46. The highest BCUT2D eigenvalue weighted by atomic mass is 32.2. The van der Waals surface area contributed by atoms with Crippen molar-refractivity contribution < 1.29 is 34.5 Å². The minimum absolute atomic E-state index is 0.0429. The lowest BCUT2D eigenvalue weighted by molar-refractivity contribution is -0.163. The number of rotatable bonds is 11. The molecular weight excluding hydrogens is 472 g/mol. The summed E-state index contributed by atoms with van der Waals surface area (Å²) in [6, 6.07) is -0.118. The van der Waals surface area contributed by atoms with Crippen LogP contribution < -0.4 is 16.4 Å². The fourth-order valence-corrected chi connectivity index (χ4v) is 7.10. The second-order valence-electron chi connectivity index (χ2n) is 8.55. The van der Waals surface area contributed by atoms with Crippen molar-refractivity contribution in [2.24, 2.45) is 17.6 Å². The number of aliphatic hydroxyl groups is 2. The Bertz CT molecular complexity index is 852. The standard InChI is InChI=1S/C20H30N4O7S2/c1-8-14-13(9(2)25)19(29)24(14)15(20(30)31)16(8)33-11-5-10(22-6-11)7-32-4-3-12(26)23-18(28)17(21)27/h8-11,13-14,18,22,25,28H,3-7H2,1-2H3,(H2,21,27)(H,23,26)(H,30,31)/t8-,9-,10+,11+,13-,14?,18?/m1/s1. The highest BCUT2D eigenvalue weighted by Crippen LogP contribution is 2.51. The summed E-state index contributed by atoms with van der Waals surface area (Å²) in [6.45, 7) is 4.17. The van der Waals surface area contributed by atoms with E-state index in [0.717, 1.165) is 12.2 Å². The molecule has 0 spiro atoms. The van der Waals surface area contributed by atoms with Crippen LogP contribution in [0.5, 0.6) is 0 Å². The first kappa shape index (κ1) is 25.8. The van der Waals surface area contributed by atoms with E-state index in [1.807, 2.05) is 6.92 Å². The first-order valence-electron chi connectivity index (χ1n) is 10.8. The summed E-state index contributed by atoms with van der Waals surface area (Å²) >= 11 is 3.06. The van der Waals surface area contributed by atoms with E-state index in [0.29, 0.717) is 17.2 Å². The maximum absolute atomic E-state index is 12.4. The lowest BCUT2D eigenvalue weighted by Crippen LogP contribution is -2.63. The topological polar surface area (TPSA) is 182 Å². The monoisotopic (exact) mass is 502 g/mol. The molecule has 0 aromatic carbocycles. The number of carbonyl (C=O) groups is 4. The third-order valence-corrected chi connectivity index (χ3v) is 8.79. The van der Waals surface area contributed by atoms with Gasteiger partial charge < -0.3 is 36.6 Å². The Kier molecular flexibility index (Phi) is 8.32. The third kappa shape index (κ3) is 5.48. The van der Waals surface area contributed by atoms with Crippen LogP contribution >= 0.6 is 23.5 Å². The number of aliphatic carboxylic acids is 1. The molecule has 2 saturated heterocycles. The molecule has 0 radical (unpaired) electrons. The molecule has 0 bridgehead atoms. The van der Waals surface area contributed by atoms with Crippen molar-refractivity contribution in [3.63, 3.8) is 0 Å². The number of amides is 3. The molecule has 184 valence electrons. The molecule has 7 N–H and O–H groups in total. The molecule has 2 unspecified atom stereocenters. The zero-order valence-electron chi connectivity index (χ0n) is 18.4. The molecule has 0 saturated carbocycles. The van der Waals surface area contributed by atoms with Crippen molar-refractivity contribution in [2.45, 2.75) is 56.4 Å². The molecule has 3 heterocycles. The molecule has 13 heteroatoms. The molecule has 7 atom stereocenters. The molecule has 3 aliphatic heterocycles. The van der Waals surface area contributed by atoms with Gasteiger partial charge in [-0.3, -0.25) is 14.4 Å². The highest BCUT2D eigenvalue weighted by Gasteiger charge is 2.60. The van der Waals surface area contributed by atoms with E-state index >= 15 is 0 Å². The second-order valence-corrected chi connectivity index (χ2v) is 11.0. The van der Waals surface area contributed by atoms with Gasteiger partial charge in [-0.2, -0.15) is 11.8 Å². The van der Waals surface area contributed by atoms with Crippen molar-refractivity contribution in [3.05, 3.63) is 10.6 Å². The van der Waals surface area contributed by atoms with Crippen molar-refractivity contribution in [1.29, 1.82) is 0 Å². The maximum atomic E-state index is 12.4. The van der Waals surface area contributed by atoms with Crippen LogP contribution in [-0.4, -0.2) is 91.6 Å². The Hall–Kier alpha value is -1.80. The Labute approximate surface area is 199 Å². The summed E-state index contributed by atoms with van der Waals surface area (Å²) in [6.07, 6.45) is -1.55. The number of hydrogen-bond acceptors (Lipinski definition) is 9. The van der Waals surface area contributed by atoms with E-state index < -0.39 is 36.0 Å². The number of hydrogen-bond donors (Lipinski definition) is 6. The average Bonchev–Trinajstić information content (AvgIpc) is 3.26. The zero-order valence-corrected chi connectivity index (χ0v) is 20.0. The van der Waals surface area contributed by atoms with Crippen LogP contribution in [0.2, 0.25) is 0 Å². The van der Waals surface area contributed by atoms with Crippen molar-refractivity contribution in [1.82, 2.24) is 15.5 Å². The number of fused-ring (bicyclic) bond motifs is 1. The first-order chi connectivity index (χ1) is 15.5. The molecule has 0 aliphatic carbocycles. The number of nitrogens with zero attached hydrogens (tertiary/aromatic N) is 1. The van der Waals surface area contributed by atoms with Crippen LogP contribution in [0.4, 0.5) is 0 Å². The van der Waals surface area contributed by atoms with Gasteiger partial charge in [0.2, 0.25) is 18.0 Å². The van der Waals surface area contributed by atoms with Gasteiger partial charge in [-0.1, -0.05) is 6.92 Å². The number of primary amides is 1. The molecule has 3 rings (SSSR count). The van der Waals surface area contributed by atoms with Gasteiger partial charge in [-0.05, 0) is 13.3 Å². The quantitative estimate of drug-likeness (QED) is 0.112. The summed E-state index contributed by atoms with van der Waals surface area (Å²) in [5.74, 6) is -2.38. The van der Waals surface area contributed by atoms with Crippen LogP contribution in [0.25, 0.3) is 0 Å². The normalized spacial score (nSPS) is 30.6. The van der Waals surface area contributed by atoms with Crippen LogP contribution in [0.1, 0.15) is 26.7 Å². The molecule has 3 aliphatic rings. The zero-order chi connectivity index (χ0) is 24.4. The number of nitrogens with two attached hydrogens (primary N) is 1. The number of carbonyl (C=O) groups excluding carboxylic acids is 3. The number of aliphatic hydroxyl groups excluding tert-OH is 2. The van der Waals surface area contributed by atoms with Crippen LogP contribution in [0.3, 0.4) is 0 Å². The van der Waals surface area contributed by atoms with E-state index in [4.69, 9.17) is 5.73 Å². The van der Waals surface area contributed by atoms with E-state index in [9.17, 15) is 34.5 Å². The summed E-state index contributed by atoms with van der Waals surface area (Å²) in [7, 11) is 0. The van der Waals surface area contributed by atoms with Crippen molar-refractivity contribution >= 4 is 47.2 Å². The minimum Gasteiger partial charge on any atom is -0.477 e. The summed E-state index contributed by atoms with van der Waals surface area (Å²) < 4.78 is 0. The van der Waals surface area contributed by atoms with Gasteiger partial charge in [-0.15, -0.1) is 11.8 Å². The van der Waals surface area contributed by atoms with E-state index in [2.05, 4.69) is 10.6 Å². The van der Waals surface area contributed by atoms with Crippen molar-refractivity contribution in [3.8, 4) is 0 Å². The summed E-state index contributed by atoms with van der Waals surface area (Å²) in [4.78, 5) is 48.8. The van der Waals surface area contributed by atoms with Gasteiger partial charge in [0, 0.05) is 46.6 Å². The lowest BCUT2D eigenvalue weighted by atomic mass is 9.79. The third-order valence-electron chi connectivity index (χ3n) is 6.15. The fourth-order valence-electron chi connectivity index (χ4n) is 4.54. The van der Waals surface area contributed by atoms with E-state index in [1.54, 1.807) is 18.7 Å². The van der Waals surface area contributed by atoms with E-state index in [1.165, 1.54) is 16.7 Å². The van der Waals surface area contributed by atoms with Gasteiger partial charge >= 0.3 is 5.97 Å². The fraction of sp³-hybridized carbons (Fsp3) is 0.700. The number of nitrogens with one attached hydrogen (secondary N) is 2. The van der Waals surface area contributed by atoms with Crippen LogP contribution in [0.15, 0.2) is 10.6 Å². The maximum Gasteiger partial charge on any atom is 0.353 e. The Morgan fingerprint density at radius 3 is 2.64 bits per heavy atom. The van der Waals surface area contributed by atoms with Gasteiger partial charge in [-0.25, -0.2) is 4.79 Å². The predicted molar refractivity (Wildman–Crippen MR) is 123 cm³/mol. The van der Waals surface area contributed by atoms with Crippen LogP contribution in [-0.2, 0) is 19.2 Å². The molecule has 33 heavy (non-hydrogen) atoms. The highest BCUT2D eigenvalue weighted by molar-refractivity contribution is 8.03. The SMILES string of the molecule is C[C@H]1C(S[C@@H]2CN[C@H](CSCCC(=O)NC(O)C(N)=O)C2)=C(C(=O)O)N2C(=O)[C@H]([C@@H](C)O)C12. The minimum atomic E-state index is -1.68. The number of carboxylic acid groups (broad SMARTS) is 1. The molecular formula is C20H30N4O7S2. The van der Waals surface area contributed by atoms with E-state index in [-0.39, 0.29) is 41.3 Å². The predicted octanol–water partition coefficient (Wildman–Crippen LogP) is -1.35. The number of β-lactam (4-membered cyclic amide) rings is 1. The molecule has 0 aromatic heterocycles. The van der Waals surface area contributed by atoms with Crippen LogP contribution in [0, 0.1) is 11.8 Å². The summed E-state index contributed by atoms with van der Waals surface area (Å²) in [5, 5.41) is 34.6. The molecule has 11 nitrogen and oxygen atoms in total. The second kappa shape index (κ2) is 10.6. The molecule has 2 fully saturated rings. The van der Waals surface area contributed by atoms with Gasteiger partial charge in [0.25, 0.3) is 5.91 Å². The summed E-state index contributed by atoms with van der Waals surface area (Å²) in [5.41, 5.74) is 4.93. The molecule has 0 aromatic rings. The van der Waals surface area contributed by atoms with Gasteiger partial charge in [0.1, 0.15) is 5.70 Å². The molecule has 3 amide bonds. The largest absolute Gasteiger partial charge is 0.477 e. The number of thioether (sulfide) groups is 2. The average molecular weight is 503 g/mol. The smallest absolute Gasteiger partial charge is 0.353 e. The Morgan fingerprint density at radius 2 is 2.03 bits per heavy atom. The Balaban J connectivity index is 1.48. The van der Waals surface area contributed by atoms with Crippen molar-refractivity contribution in [2.75, 3.05) is 18.1 Å². The first-order valence-corrected chi connectivity index (χ1v) is 12.8. The van der Waals surface area contributed by atoms with Gasteiger partial charge in [0.05, 0.1) is 18.1 Å². The van der Waals surface area contributed by atoms with Gasteiger partial charge in [0.15, 0.2) is 0 Å². The Morgan fingerprint density at radius 1 is 1.33 bits per heavy atom.